The highest BCUT2D eigenvalue weighted by atomic mass is 16.5. The Morgan fingerprint density at radius 3 is 2.76 bits per heavy atom. The van der Waals surface area contributed by atoms with E-state index < -0.39 is 0 Å². The molecule has 2 aliphatic heterocycles. The maximum atomic E-state index is 12.8. The minimum Gasteiger partial charge on any atom is -0.379 e. The molecule has 2 aliphatic rings. The molecule has 1 unspecified atom stereocenters. The summed E-state index contributed by atoms with van der Waals surface area (Å²) in [6.45, 7) is 5.59. The van der Waals surface area contributed by atoms with Gasteiger partial charge in [-0.25, -0.2) is 0 Å². The van der Waals surface area contributed by atoms with E-state index >= 15 is 0 Å². The summed E-state index contributed by atoms with van der Waals surface area (Å²) in [5.41, 5.74) is 2.27. The Hall–Kier alpha value is -1.85. The summed E-state index contributed by atoms with van der Waals surface area (Å²) in [7, 11) is 0. The van der Waals surface area contributed by atoms with E-state index in [1.54, 1.807) is 0 Å². The molecule has 1 atom stereocenters. The molecule has 0 aliphatic carbocycles. The zero-order valence-electron chi connectivity index (χ0n) is 14.8. The fourth-order valence-corrected chi connectivity index (χ4v) is 3.93. The third-order valence-corrected chi connectivity index (χ3v) is 5.38. The third-order valence-electron chi connectivity index (χ3n) is 5.38. The molecule has 1 aromatic carbocycles. The van der Waals surface area contributed by atoms with Crippen LogP contribution in [0.5, 0.6) is 0 Å². The number of para-hydroxylation sites is 1. The third kappa shape index (κ3) is 3.58. The maximum Gasteiger partial charge on any atom is 0.242 e. The monoisotopic (exact) mass is 342 g/mol. The zero-order chi connectivity index (χ0) is 17.2. The van der Waals surface area contributed by atoms with Crippen LogP contribution in [0.25, 0.3) is 10.9 Å². The molecule has 25 heavy (non-hydrogen) atoms. The highest BCUT2D eigenvalue weighted by Crippen LogP contribution is 2.22. The fourth-order valence-electron chi connectivity index (χ4n) is 3.93. The van der Waals surface area contributed by atoms with Crippen molar-refractivity contribution in [3.63, 3.8) is 0 Å². The number of benzene rings is 1. The highest BCUT2D eigenvalue weighted by molar-refractivity contribution is 5.84. The molecular formula is C20H26N2O3. The number of fused-ring (bicyclic) bond motifs is 1. The summed E-state index contributed by atoms with van der Waals surface area (Å²) < 4.78 is 13.6. The van der Waals surface area contributed by atoms with Crippen molar-refractivity contribution in [1.82, 2.24) is 9.47 Å². The Labute approximate surface area is 148 Å². The SMILES string of the molecule is Cc1cc2ccccc2n1CC(=O)N1CCC(OC2CCOC2)CC1. The molecule has 134 valence electrons. The summed E-state index contributed by atoms with van der Waals surface area (Å²) >= 11 is 0. The van der Waals surface area contributed by atoms with E-state index in [9.17, 15) is 4.79 Å². The fraction of sp³-hybridized carbons (Fsp3) is 0.550. The molecule has 4 rings (SSSR count). The molecule has 5 heteroatoms. The maximum absolute atomic E-state index is 12.8. The van der Waals surface area contributed by atoms with Gasteiger partial charge in [0.15, 0.2) is 0 Å². The molecule has 0 bridgehead atoms. The van der Waals surface area contributed by atoms with Gasteiger partial charge in [-0.1, -0.05) is 18.2 Å². The first-order chi connectivity index (χ1) is 12.2. The quantitative estimate of drug-likeness (QED) is 0.858. The minimum absolute atomic E-state index is 0.201. The lowest BCUT2D eigenvalue weighted by atomic mass is 10.1. The number of aryl methyl sites for hydroxylation is 1. The van der Waals surface area contributed by atoms with Crippen LogP contribution in [0.2, 0.25) is 0 Å². The van der Waals surface area contributed by atoms with Crippen molar-refractivity contribution in [3.05, 3.63) is 36.0 Å². The van der Waals surface area contributed by atoms with Gasteiger partial charge in [-0.15, -0.1) is 0 Å². The van der Waals surface area contributed by atoms with Gasteiger partial charge < -0.3 is 18.9 Å². The van der Waals surface area contributed by atoms with Gasteiger partial charge in [0, 0.05) is 30.9 Å². The second kappa shape index (κ2) is 7.18. The predicted octanol–water partition coefficient (Wildman–Crippen LogP) is 2.75. The summed E-state index contributed by atoms with van der Waals surface area (Å²) in [5.74, 6) is 0.201. The second-order valence-electron chi connectivity index (χ2n) is 7.13. The van der Waals surface area contributed by atoms with E-state index in [-0.39, 0.29) is 18.1 Å². The van der Waals surface area contributed by atoms with E-state index in [2.05, 4.69) is 29.7 Å². The van der Waals surface area contributed by atoms with Gasteiger partial charge in [0.25, 0.3) is 0 Å². The van der Waals surface area contributed by atoms with Gasteiger partial charge >= 0.3 is 0 Å². The molecule has 2 aromatic rings. The number of hydrogen-bond donors (Lipinski definition) is 0. The molecule has 5 nitrogen and oxygen atoms in total. The average Bonchev–Trinajstić information content (AvgIpc) is 3.24. The van der Waals surface area contributed by atoms with Crippen molar-refractivity contribution in [1.29, 1.82) is 0 Å². The zero-order valence-corrected chi connectivity index (χ0v) is 14.8. The standard InChI is InChI=1S/C20H26N2O3/c1-15-12-16-4-2-3-5-19(16)22(15)13-20(23)21-9-6-17(7-10-21)25-18-8-11-24-14-18/h2-5,12,17-18H,6-11,13-14H2,1H3. The molecular weight excluding hydrogens is 316 g/mol. The molecule has 1 aromatic heterocycles. The first-order valence-electron chi connectivity index (χ1n) is 9.26. The summed E-state index contributed by atoms with van der Waals surface area (Å²) in [6.07, 6.45) is 3.37. The lowest BCUT2D eigenvalue weighted by Crippen LogP contribution is -2.43. The number of aromatic nitrogens is 1. The molecule has 0 spiro atoms. The lowest BCUT2D eigenvalue weighted by molar-refractivity contribution is -0.135. The Morgan fingerprint density at radius 2 is 2.00 bits per heavy atom. The van der Waals surface area contributed by atoms with Crippen molar-refractivity contribution < 1.29 is 14.3 Å². The van der Waals surface area contributed by atoms with Gasteiger partial charge in [0.1, 0.15) is 6.54 Å². The molecule has 3 heterocycles. The van der Waals surface area contributed by atoms with Crippen LogP contribution in [0.3, 0.4) is 0 Å². The van der Waals surface area contributed by atoms with Crippen LogP contribution in [0.4, 0.5) is 0 Å². The van der Waals surface area contributed by atoms with Gasteiger partial charge in [0.2, 0.25) is 5.91 Å². The number of carbonyl (C=O) groups is 1. The first-order valence-corrected chi connectivity index (χ1v) is 9.26. The normalized spacial score (nSPS) is 22.0. The Balaban J connectivity index is 1.35. The van der Waals surface area contributed by atoms with Gasteiger partial charge in [-0.3, -0.25) is 4.79 Å². The van der Waals surface area contributed by atoms with Crippen molar-refractivity contribution in [2.24, 2.45) is 0 Å². The van der Waals surface area contributed by atoms with E-state index in [0.29, 0.717) is 6.54 Å². The number of ether oxygens (including phenoxy) is 2. The van der Waals surface area contributed by atoms with Crippen LogP contribution in [0.1, 0.15) is 25.0 Å². The Kier molecular flexibility index (Phi) is 4.77. The summed E-state index contributed by atoms with van der Waals surface area (Å²) in [5, 5.41) is 1.19. The molecule has 0 saturated carbocycles. The number of nitrogens with zero attached hydrogens (tertiary/aromatic N) is 2. The summed E-state index contributed by atoms with van der Waals surface area (Å²) in [6, 6.07) is 10.4. The number of hydrogen-bond acceptors (Lipinski definition) is 3. The molecule has 1 amide bonds. The smallest absolute Gasteiger partial charge is 0.242 e. The van der Waals surface area contributed by atoms with E-state index in [4.69, 9.17) is 9.47 Å². The topological polar surface area (TPSA) is 43.7 Å². The van der Waals surface area contributed by atoms with Crippen molar-refractivity contribution in [2.75, 3.05) is 26.3 Å². The lowest BCUT2D eigenvalue weighted by Gasteiger charge is -2.33. The van der Waals surface area contributed by atoms with E-state index in [0.717, 1.165) is 56.8 Å². The summed E-state index contributed by atoms with van der Waals surface area (Å²) in [4.78, 5) is 14.7. The largest absolute Gasteiger partial charge is 0.379 e. The second-order valence-corrected chi connectivity index (χ2v) is 7.13. The van der Waals surface area contributed by atoms with Crippen LogP contribution in [-0.2, 0) is 20.8 Å². The van der Waals surface area contributed by atoms with Gasteiger partial charge in [-0.2, -0.15) is 0 Å². The van der Waals surface area contributed by atoms with E-state index in [1.165, 1.54) is 5.39 Å². The molecule has 2 fully saturated rings. The van der Waals surface area contributed by atoms with Crippen LogP contribution >= 0.6 is 0 Å². The van der Waals surface area contributed by atoms with Crippen molar-refractivity contribution >= 4 is 16.8 Å². The number of piperidine rings is 1. The number of likely N-dealkylation sites (tertiary alicyclic amines) is 1. The van der Waals surface area contributed by atoms with Crippen molar-refractivity contribution in [2.45, 2.75) is 44.9 Å². The Morgan fingerprint density at radius 1 is 1.20 bits per heavy atom. The number of amides is 1. The molecule has 0 N–H and O–H groups in total. The number of rotatable bonds is 4. The highest BCUT2D eigenvalue weighted by Gasteiger charge is 2.27. The minimum atomic E-state index is 0.201. The van der Waals surface area contributed by atoms with Crippen LogP contribution < -0.4 is 0 Å². The average molecular weight is 342 g/mol. The van der Waals surface area contributed by atoms with Crippen molar-refractivity contribution in [3.8, 4) is 0 Å². The predicted molar refractivity (Wildman–Crippen MR) is 96.6 cm³/mol. The van der Waals surface area contributed by atoms with Gasteiger partial charge in [0.05, 0.1) is 18.8 Å². The molecule has 2 saturated heterocycles. The molecule has 0 radical (unpaired) electrons. The van der Waals surface area contributed by atoms with Crippen LogP contribution in [-0.4, -0.2) is 53.9 Å². The van der Waals surface area contributed by atoms with Gasteiger partial charge in [-0.05, 0) is 43.7 Å². The number of carbonyl (C=O) groups excluding carboxylic acids is 1. The Bertz CT molecular complexity index is 740. The van der Waals surface area contributed by atoms with E-state index in [1.807, 2.05) is 17.0 Å². The van der Waals surface area contributed by atoms with Crippen LogP contribution in [0.15, 0.2) is 30.3 Å². The first kappa shape index (κ1) is 16.6. The van der Waals surface area contributed by atoms with Crippen LogP contribution in [0, 0.1) is 6.92 Å².